The number of pyridine rings is 1. The van der Waals surface area contributed by atoms with E-state index >= 15 is 0 Å². The molecule has 7 heteroatoms. The standard InChI is InChI=1S/C12H16N4O3/c1-2-9-11(17)14-3-4-16(9)10-5-7(12(18)19)8(13)6-15-10/h5-6,9H,2-4,13H2,1H3,(H,14,17)(H,18,19). The number of hydrogen-bond acceptors (Lipinski definition) is 5. The van der Waals surface area contributed by atoms with Crippen LogP contribution in [0.2, 0.25) is 0 Å². The van der Waals surface area contributed by atoms with E-state index in [4.69, 9.17) is 10.8 Å². The van der Waals surface area contributed by atoms with Gasteiger partial charge < -0.3 is 21.1 Å². The summed E-state index contributed by atoms with van der Waals surface area (Å²) in [6.07, 6.45) is 1.94. The Hall–Kier alpha value is -2.31. The SMILES string of the molecule is CCC1C(=O)NCCN1c1cc(C(=O)O)c(N)cn1. The molecule has 1 fully saturated rings. The number of nitrogen functional groups attached to an aromatic ring is 1. The molecule has 1 aromatic heterocycles. The highest BCUT2D eigenvalue weighted by Gasteiger charge is 2.29. The van der Waals surface area contributed by atoms with Crippen LogP contribution in [0, 0.1) is 0 Å². The van der Waals surface area contributed by atoms with Crippen LogP contribution in [-0.4, -0.2) is 41.1 Å². The van der Waals surface area contributed by atoms with E-state index in [1.165, 1.54) is 12.3 Å². The molecule has 1 unspecified atom stereocenters. The summed E-state index contributed by atoms with van der Waals surface area (Å²) in [5.41, 5.74) is 5.70. The van der Waals surface area contributed by atoms with E-state index < -0.39 is 5.97 Å². The van der Waals surface area contributed by atoms with Crippen LogP contribution >= 0.6 is 0 Å². The maximum atomic E-state index is 11.8. The Balaban J connectivity index is 2.37. The molecule has 0 bridgehead atoms. The highest BCUT2D eigenvalue weighted by atomic mass is 16.4. The minimum atomic E-state index is -1.10. The predicted octanol–water partition coefficient (Wildman–Crippen LogP) is 0.0768. The Labute approximate surface area is 110 Å². The highest BCUT2D eigenvalue weighted by molar-refractivity contribution is 5.94. The first kappa shape index (κ1) is 13.1. The first-order valence-electron chi connectivity index (χ1n) is 6.07. The summed E-state index contributed by atoms with van der Waals surface area (Å²) in [5.74, 6) is -0.701. The zero-order chi connectivity index (χ0) is 14.0. The average molecular weight is 264 g/mol. The number of piperazine rings is 1. The van der Waals surface area contributed by atoms with Gasteiger partial charge in [-0.1, -0.05) is 6.92 Å². The lowest BCUT2D eigenvalue weighted by Crippen LogP contribution is -2.55. The van der Waals surface area contributed by atoms with Crippen molar-refractivity contribution in [2.24, 2.45) is 0 Å². The van der Waals surface area contributed by atoms with Gasteiger partial charge in [0.2, 0.25) is 5.91 Å². The molecule has 1 aliphatic rings. The van der Waals surface area contributed by atoms with Crippen LogP contribution in [0.25, 0.3) is 0 Å². The van der Waals surface area contributed by atoms with Crippen molar-refractivity contribution < 1.29 is 14.7 Å². The Bertz CT molecular complexity index is 518. The van der Waals surface area contributed by atoms with Crippen LogP contribution in [0.15, 0.2) is 12.3 Å². The molecule has 19 heavy (non-hydrogen) atoms. The van der Waals surface area contributed by atoms with Crippen molar-refractivity contribution in [2.75, 3.05) is 23.7 Å². The van der Waals surface area contributed by atoms with E-state index in [-0.39, 0.29) is 23.2 Å². The number of anilines is 2. The molecule has 102 valence electrons. The number of carboxylic acids is 1. The number of carbonyl (C=O) groups is 2. The minimum Gasteiger partial charge on any atom is -0.478 e. The normalized spacial score (nSPS) is 19.1. The van der Waals surface area contributed by atoms with Gasteiger partial charge in [0.25, 0.3) is 0 Å². The second-order valence-corrected chi connectivity index (χ2v) is 4.34. The fraction of sp³-hybridized carbons (Fsp3) is 0.417. The summed E-state index contributed by atoms with van der Waals surface area (Å²) in [6, 6.07) is 1.09. The molecule has 7 nitrogen and oxygen atoms in total. The van der Waals surface area contributed by atoms with E-state index in [2.05, 4.69) is 10.3 Å². The van der Waals surface area contributed by atoms with Crippen LogP contribution in [0.4, 0.5) is 11.5 Å². The van der Waals surface area contributed by atoms with E-state index in [1.807, 2.05) is 11.8 Å². The van der Waals surface area contributed by atoms with Crippen LogP contribution in [0.3, 0.4) is 0 Å². The monoisotopic (exact) mass is 264 g/mol. The highest BCUT2D eigenvalue weighted by Crippen LogP contribution is 2.22. The molecular weight excluding hydrogens is 248 g/mol. The minimum absolute atomic E-state index is 0.00540. The summed E-state index contributed by atoms with van der Waals surface area (Å²) in [5, 5.41) is 11.8. The summed E-state index contributed by atoms with van der Waals surface area (Å²) in [4.78, 5) is 28.8. The number of carboxylic acid groups (broad SMARTS) is 1. The van der Waals surface area contributed by atoms with Gasteiger partial charge >= 0.3 is 5.97 Å². The van der Waals surface area contributed by atoms with Crippen molar-refractivity contribution in [3.63, 3.8) is 0 Å². The third kappa shape index (κ3) is 2.44. The number of nitrogens with one attached hydrogen (secondary N) is 1. The molecule has 0 saturated carbocycles. The molecule has 0 spiro atoms. The third-order valence-corrected chi connectivity index (χ3v) is 3.16. The summed E-state index contributed by atoms with van der Waals surface area (Å²) in [6.45, 7) is 3.02. The first-order valence-corrected chi connectivity index (χ1v) is 6.07. The van der Waals surface area contributed by atoms with E-state index in [0.717, 1.165) is 0 Å². The third-order valence-electron chi connectivity index (χ3n) is 3.16. The molecule has 2 rings (SSSR count). The zero-order valence-electron chi connectivity index (χ0n) is 10.6. The summed E-state index contributed by atoms with van der Waals surface area (Å²) >= 11 is 0. The van der Waals surface area contributed by atoms with Gasteiger partial charge in [-0.2, -0.15) is 0 Å². The van der Waals surface area contributed by atoms with Crippen molar-refractivity contribution >= 4 is 23.4 Å². The first-order chi connectivity index (χ1) is 9.04. The van der Waals surface area contributed by atoms with Gasteiger partial charge in [0.05, 0.1) is 17.4 Å². The Kier molecular flexibility index (Phi) is 3.55. The van der Waals surface area contributed by atoms with Gasteiger partial charge in [-0.3, -0.25) is 4.79 Å². The molecule has 1 aliphatic heterocycles. The largest absolute Gasteiger partial charge is 0.478 e. The van der Waals surface area contributed by atoms with Crippen molar-refractivity contribution in [3.05, 3.63) is 17.8 Å². The van der Waals surface area contributed by atoms with Gasteiger partial charge in [0.1, 0.15) is 11.9 Å². The van der Waals surface area contributed by atoms with Gasteiger partial charge in [-0.05, 0) is 12.5 Å². The maximum Gasteiger partial charge on any atom is 0.337 e. The van der Waals surface area contributed by atoms with E-state index in [9.17, 15) is 9.59 Å². The van der Waals surface area contributed by atoms with Gasteiger partial charge in [0, 0.05) is 13.1 Å². The number of hydrogen-bond donors (Lipinski definition) is 3. The molecular formula is C12H16N4O3. The second kappa shape index (κ2) is 5.13. The summed E-state index contributed by atoms with van der Waals surface area (Å²) < 4.78 is 0. The number of rotatable bonds is 3. The molecule has 0 aromatic carbocycles. The molecule has 1 atom stereocenters. The lowest BCUT2D eigenvalue weighted by atomic mass is 10.1. The average Bonchev–Trinajstić information content (AvgIpc) is 2.38. The number of amides is 1. The lowest BCUT2D eigenvalue weighted by Gasteiger charge is -2.35. The number of nitrogens with two attached hydrogens (primary N) is 1. The molecule has 2 heterocycles. The predicted molar refractivity (Wildman–Crippen MR) is 70.0 cm³/mol. The Morgan fingerprint density at radius 3 is 3.05 bits per heavy atom. The number of aromatic carboxylic acids is 1. The molecule has 1 amide bonds. The smallest absolute Gasteiger partial charge is 0.337 e. The van der Waals surface area contributed by atoms with E-state index in [0.29, 0.717) is 25.3 Å². The van der Waals surface area contributed by atoms with Crippen LogP contribution in [0.5, 0.6) is 0 Å². The molecule has 4 N–H and O–H groups in total. The van der Waals surface area contributed by atoms with E-state index in [1.54, 1.807) is 0 Å². The Morgan fingerprint density at radius 2 is 2.42 bits per heavy atom. The maximum absolute atomic E-state index is 11.8. The topological polar surface area (TPSA) is 109 Å². The van der Waals surface area contributed by atoms with Crippen LogP contribution in [0.1, 0.15) is 23.7 Å². The molecule has 1 aromatic rings. The summed E-state index contributed by atoms with van der Waals surface area (Å²) in [7, 11) is 0. The molecule has 0 radical (unpaired) electrons. The zero-order valence-corrected chi connectivity index (χ0v) is 10.6. The van der Waals surface area contributed by atoms with Gasteiger partial charge in [-0.15, -0.1) is 0 Å². The van der Waals surface area contributed by atoms with Gasteiger partial charge in [0.15, 0.2) is 0 Å². The second-order valence-electron chi connectivity index (χ2n) is 4.34. The lowest BCUT2D eigenvalue weighted by molar-refractivity contribution is -0.123. The van der Waals surface area contributed by atoms with Crippen LogP contribution in [-0.2, 0) is 4.79 Å². The van der Waals surface area contributed by atoms with Crippen molar-refractivity contribution in [3.8, 4) is 0 Å². The fourth-order valence-electron chi connectivity index (χ4n) is 2.19. The molecule has 1 saturated heterocycles. The van der Waals surface area contributed by atoms with Crippen LogP contribution < -0.4 is 16.0 Å². The number of nitrogens with zero attached hydrogens (tertiary/aromatic N) is 2. The van der Waals surface area contributed by atoms with Crippen molar-refractivity contribution in [2.45, 2.75) is 19.4 Å². The van der Waals surface area contributed by atoms with Crippen molar-refractivity contribution in [1.82, 2.24) is 10.3 Å². The Morgan fingerprint density at radius 1 is 1.68 bits per heavy atom. The molecule has 0 aliphatic carbocycles. The van der Waals surface area contributed by atoms with Gasteiger partial charge in [-0.25, -0.2) is 9.78 Å². The quantitative estimate of drug-likeness (QED) is 0.713. The number of carbonyl (C=O) groups excluding carboxylic acids is 1. The number of aromatic nitrogens is 1. The van der Waals surface area contributed by atoms with Crippen molar-refractivity contribution in [1.29, 1.82) is 0 Å². The fourth-order valence-corrected chi connectivity index (χ4v) is 2.19.